The van der Waals surface area contributed by atoms with Crippen molar-refractivity contribution in [2.75, 3.05) is 13.3 Å². The number of hydrogen-bond acceptors (Lipinski definition) is 4. The predicted molar refractivity (Wildman–Crippen MR) is 81.7 cm³/mol. The second-order valence-electron chi connectivity index (χ2n) is 6.39. The maximum absolute atomic E-state index is 12.2. The van der Waals surface area contributed by atoms with Crippen molar-refractivity contribution < 1.29 is 19.4 Å². The van der Waals surface area contributed by atoms with Gasteiger partial charge in [0, 0.05) is 5.92 Å². The average molecular weight is 305 g/mol. The third kappa shape index (κ3) is 3.19. The molecular formula is C17H23NO4. The molecule has 1 aliphatic carbocycles. The third-order valence-electron chi connectivity index (χ3n) is 4.58. The van der Waals surface area contributed by atoms with Gasteiger partial charge in [-0.1, -0.05) is 25.3 Å². The molecule has 1 heterocycles. The second-order valence-corrected chi connectivity index (χ2v) is 6.39. The van der Waals surface area contributed by atoms with E-state index in [2.05, 4.69) is 5.32 Å². The highest BCUT2D eigenvalue weighted by molar-refractivity contribution is 5.78. The molecule has 0 aromatic heterocycles. The Morgan fingerprint density at radius 1 is 1.27 bits per heavy atom. The van der Waals surface area contributed by atoms with E-state index < -0.39 is 5.60 Å². The fraction of sp³-hybridized carbons (Fsp3) is 0.588. The van der Waals surface area contributed by atoms with Gasteiger partial charge in [-0.05, 0) is 37.5 Å². The largest absolute Gasteiger partial charge is 0.454 e. The Morgan fingerprint density at radius 3 is 2.77 bits per heavy atom. The molecule has 1 unspecified atom stereocenters. The summed E-state index contributed by atoms with van der Waals surface area (Å²) < 4.78 is 10.6. The lowest BCUT2D eigenvalue weighted by molar-refractivity contribution is -0.127. The Morgan fingerprint density at radius 2 is 2.00 bits per heavy atom. The molecule has 1 saturated carbocycles. The summed E-state index contributed by atoms with van der Waals surface area (Å²) in [5.74, 6) is 1.48. The van der Waals surface area contributed by atoms with Gasteiger partial charge in [-0.15, -0.1) is 0 Å². The quantitative estimate of drug-likeness (QED) is 0.896. The number of fused-ring (bicyclic) bond motifs is 1. The standard InChI is InChI=1S/C17H23NO4/c1-17(20,10-18-16(19)12-5-3-2-4-6-12)13-7-8-14-15(9-13)22-11-21-14/h7-9,12,20H,2-6,10-11H2,1H3,(H,18,19). The van der Waals surface area contributed by atoms with Gasteiger partial charge < -0.3 is 19.9 Å². The molecule has 1 aromatic rings. The highest BCUT2D eigenvalue weighted by atomic mass is 16.7. The minimum atomic E-state index is -1.13. The van der Waals surface area contributed by atoms with Crippen LogP contribution in [0, 0.1) is 5.92 Å². The molecule has 0 spiro atoms. The lowest BCUT2D eigenvalue weighted by Gasteiger charge is -2.27. The molecule has 2 aliphatic rings. The SMILES string of the molecule is CC(O)(CNC(=O)C1CCCCC1)c1ccc2c(c1)OCO2. The number of carbonyl (C=O) groups excluding carboxylic acids is 1. The molecule has 5 heteroatoms. The van der Waals surface area contributed by atoms with Crippen LogP contribution < -0.4 is 14.8 Å². The van der Waals surface area contributed by atoms with Gasteiger partial charge in [-0.2, -0.15) is 0 Å². The van der Waals surface area contributed by atoms with E-state index in [0.29, 0.717) is 17.1 Å². The van der Waals surface area contributed by atoms with Crippen LogP contribution in [0.25, 0.3) is 0 Å². The van der Waals surface area contributed by atoms with Crippen LogP contribution in [-0.2, 0) is 10.4 Å². The van der Waals surface area contributed by atoms with Crippen molar-refractivity contribution in [2.24, 2.45) is 5.92 Å². The summed E-state index contributed by atoms with van der Waals surface area (Å²) in [6, 6.07) is 5.37. The lowest BCUT2D eigenvalue weighted by Crippen LogP contribution is -2.41. The monoisotopic (exact) mass is 305 g/mol. The van der Waals surface area contributed by atoms with E-state index in [4.69, 9.17) is 9.47 Å². The van der Waals surface area contributed by atoms with E-state index in [1.54, 1.807) is 25.1 Å². The lowest BCUT2D eigenvalue weighted by atomic mass is 9.88. The van der Waals surface area contributed by atoms with E-state index in [1.807, 2.05) is 0 Å². The van der Waals surface area contributed by atoms with Crippen molar-refractivity contribution in [3.05, 3.63) is 23.8 Å². The van der Waals surface area contributed by atoms with E-state index in [-0.39, 0.29) is 25.2 Å². The van der Waals surface area contributed by atoms with Gasteiger partial charge in [0.1, 0.15) is 5.60 Å². The molecule has 1 fully saturated rings. The van der Waals surface area contributed by atoms with E-state index in [1.165, 1.54) is 6.42 Å². The number of amides is 1. The van der Waals surface area contributed by atoms with Crippen molar-refractivity contribution in [1.29, 1.82) is 0 Å². The Kier molecular flexibility index (Phi) is 4.25. The number of nitrogens with one attached hydrogen (secondary N) is 1. The first kappa shape index (κ1) is 15.2. The molecule has 22 heavy (non-hydrogen) atoms. The molecule has 0 saturated heterocycles. The molecule has 0 bridgehead atoms. The van der Waals surface area contributed by atoms with Crippen LogP contribution in [0.1, 0.15) is 44.6 Å². The molecule has 1 aliphatic heterocycles. The Hall–Kier alpha value is -1.75. The molecule has 120 valence electrons. The summed E-state index contributed by atoms with van der Waals surface area (Å²) in [5.41, 5.74) is -0.425. The molecule has 3 rings (SSSR count). The molecular weight excluding hydrogens is 282 g/mol. The van der Waals surface area contributed by atoms with Gasteiger partial charge in [0.2, 0.25) is 12.7 Å². The zero-order valence-corrected chi connectivity index (χ0v) is 12.9. The minimum absolute atomic E-state index is 0.0562. The molecule has 5 nitrogen and oxygen atoms in total. The topological polar surface area (TPSA) is 67.8 Å². The first-order valence-corrected chi connectivity index (χ1v) is 7.96. The molecule has 1 amide bonds. The van der Waals surface area contributed by atoms with Gasteiger partial charge in [0.25, 0.3) is 0 Å². The van der Waals surface area contributed by atoms with Crippen LogP contribution in [0.4, 0.5) is 0 Å². The van der Waals surface area contributed by atoms with E-state index >= 15 is 0 Å². The highest BCUT2D eigenvalue weighted by Crippen LogP contribution is 2.35. The van der Waals surface area contributed by atoms with E-state index in [0.717, 1.165) is 25.7 Å². The first-order chi connectivity index (χ1) is 10.6. The summed E-state index contributed by atoms with van der Waals surface area (Å²) >= 11 is 0. The van der Waals surface area contributed by atoms with Crippen LogP contribution in [0.15, 0.2) is 18.2 Å². The van der Waals surface area contributed by atoms with Gasteiger partial charge in [-0.25, -0.2) is 0 Å². The van der Waals surface area contributed by atoms with Crippen LogP contribution in [0.3, 0.4) is 0 Å². The summed E-state index contributed by atoms with van der Waals surface area (Å²) in [7, 11) is 0. The van der Waals surface area contributed by atoms with Crippen LogP contribution in [-0.4, -0.2) is 24.4 Å². The van der Waals surface area contributed by atoms with Gasteiger partial charge >= 0.3 is 0 Å². The second kappa shape index (κ2) is 6.16. The molecule has 1 aromatic carbocycles. The van der Waals surface area contributed by atoms with Gasteiger partial charge in [0.15, 0.2) is 11.5 Å². The number of benzene rings is 1. The zero-order valence-electron chi connectivity index (χ0n) is 12.9. The van der Waals surface area contributed by atoms with Crippen molar-refractivity contribution in [3.8, 4) is 11.5 Å². The summed E-state index contributed by atoms with van der Waals surface area (Å²) in [6.07, 6.45) is 5.38. The number of rotatable bonds is 4. The maximum Gasteiger partial charge on any atom is 0.231 e. The summed E-state index contributed by atoms with van der Waals surface area (Å²) in [4.78, 5) is 12.2. The smallest absolute Gasteiger partial charge is 0.231 e. The van der Waals surface area contributed by atoms with Crippen LogP contribution in [0.5, 0.6) is 11.5 Å². The highest BCUT2D eigenvalue weighted by Gasteiger charge is 2.28. The van der Waals surface area contributed by atoms with Gasteiger partial charge in [-0.3, -0.25) is 4.79 Å². The number of hydrogen-bond donors (Lipinski definition) is 2. The predicted octanol–water partition coefficient (Wildman–Crippen LogP) is 2.32. The minimum Gasteiger partial charge on any atom is -0.454 e. The number of aliphatic hydroxyl groups is 1. The molecule has 2 N–H and O–H groups in total. The number of ether oxygens (including phenoxy) is 2. The fourth-order valence-electron chi connectivity index (χ4n) is 3.10. The van der Waals surface area contributed by atoms with E-state index in [9.17, 15) is 9.90 Å². The van der Waals surface area contributed by atoms with Gasteiger partial charge in [0.05, 0.1) is 6.54 Å². The van der Waals surface area contributed by atoms with Crippen molar-refractivity contribution in [3.63, 3.8) is 0 Å². The van der Waals surface area contributed by atoms with Crippen LogP contribution >= 0.6 is 0 Å². The fourth-order valence-corrected chi connectivity index (χ4v) is 3.10. The normalized spacial score (nSPS) is 20.5. The van der Waals surface area contributed by atoms with Crippen molar-refractivity contribution in [2.45, 2.75) is 44.6 Å². The van der Waals surface area contributed by atoms with Crippen molar-refractivity contribution >= 4 is 5.91 Å². The third-order valence-corrected chi connectivity index (χ3v) is 4.58. The Bertz CT molecular complexity index is 550. The first-order valence-electron chi connectivity index (χ1n) is 7.96. The van der Waals surface area contributed by atoms with Crippen LogP contribution in [0.2, 0.25) is 0 Å². The maximum atomic E-state index is 12.2. The molecule has 0 radical (unpaired) electrons. The number of carbonyl (C=O) groups is 1. The summed E-state index contributed by atoms with van der Waals surface area (Å²) in [5, 5.41) is 13.6. The Labute approximate surface area is 130 Å². The summed E-state index contributed by atoms with van der Waals surface area (Å²) in [6.45, 7) is 2.10. The molecule has 1 atom stereocenters. The Balaban J connectivity index is 1.61. The van der Waals surface area contributed by atoms with Crippen molar-refractivity contribution in [1.82, 2.24) is 5.32 Å². The average Bonchev–Trinajstić information content (AvgIpc) is 3.01. The zero-order chi connectivity index (χ0) is 15.6.